The van der Waals surface area contributed by atoms with E-state index in [4.69, 9.17) is 0 Å². The molecule has 6 heteroatoms. The Morgan fingerprint density at radius 2 is 1.88 bits per heavy atom. The van der Waals surface area contributed by atoms with Gasteiger partial charge in [-0.3, -0.25) is 4.79 Å². The quantitative estimate of drug-likeness (QED) is 0.466. The third-order valence-electron chi connectivity index (χ3n) is 3.70. The summed E-state index contributed by atoms with van der Waals surface area (Å²) in [7, 11) is 0. The standard InChI is InChI=1S/C19H19N3O2S/c1-13-16(11-14-7-3-2-4-8-14)22-19(20-13)25-12-18(24)21-15-9-5-6-10-17(15)23/h2-10,23H,11-12H2,1H3,(H,20,22)(H,21,24). The topological polar surface area (TPSA) is 78.0 Å². The fourth-order valence-electron chi connectivity index (χ4n) is 2.40. The minimum Gasteiger partial charge on any atom is -0.506 e. The highest BCUT2D eigenvalue weighted by Crippen LogP contribution is 2.23. The van der Waals surface area contributed by atoms with E-state index in [1.807, 2.05) is 25.1 Å². The molecule has 0 saturated carbocycles. The van der Waals surface area contributed by atoms with Crippen LogP contribution >= 0.6 is 11.8 Å². The van der Waals surface area contributed by atoms with Crippen LogP contribution in [0.15, 0.2) is 59.8 Å². The third-order valence-corrected chi connectivity index (χ3v) is 4.57. The molecule has 0 bridgehead atoms. The zero-order valence-corrected chi connectivity index (χ0v) is 14.6. The molecule has 0 atom stereocenters. The first kappa shape index (κ1) is 17.1. The molecule has 0 fully saturated rings. The maximum Gasteiger partial charge on any atom is 0.234 e. The van der Waals surface area contributed by atoms with Crippen molar-refractivity contribution < 1.29 is 9.90 Å². The zero-order valence-electron chi connectivity index (χ0n) is 13.8. The largest absolute Gasteiger partial charge is 0.506 e. The second kappa shape index (κ2) is 7.90. The van der Waals surface area contributed by atoms with E-state index >= 15 is 0 Å². The molecule has 0 aliphatic rings. The number of carbonyl (C=O) groups is 1. The molecule has 0 unspecified atom stereocenters. The summed E-state index contributed by atoms with van der Waals surface area (Å²) in [4.78, 5) is 19.8. The number of aryl methyl sites for hydroxylation is 1. The summed E-state index contributed by atoms with van der Waals surface area (Å²) in [5, 5.41) is 13.1. The smallest absolute Gasteiger partial charge is 0.234 e. The van der Waals surface area contributed by atoms with Crippen LogP contribution in [0.4, 0.5) is 5.69 Å². The van der Waals surface area contributed by atoms with Crippen LogP contribution < -0.4 is 5.32 Å². The Bertz CT molecular complexity index is 862. The van der Waals surface area contributed by atoms with Crippen LogP contribution in [0, 0.1) is 6.92 Å². The lowest BCUT2D eigenvalue weighted by atomic mass is 10.1. The minimum absolute atomic E-state index is 0.0554. The molecule has 128 valence electrons. The summed E-state index contributed by atoms with van der Waals surface area (Å²) in [6, 6.07) is 16.8. The number of aromatic nitrogens is 2. The number of hydrogen-bond acceptors (Lipinski definition) is 4. The number of hydrogen-bond donors (Lipinski definition) is 3. The van der Waals surface area contributed by atoms with Gasteiger partial charge in [0.25, 0.3) is 0 Å². The van der Waals surface area contributed by atoms with E-state index in [-0.39, 0.29) is 17.4 Å². The molecule has 1 amide bonds. The fraction of sp³-hybridized carbons (Fsp3) is 0.158. The maximum atomic E-state index is 12.0. The van der Waals surface area contributed by atoms with Crippen LogP contribution in [-0.2, 0) is 11.2 Å². The highest BCUT2D eigenvalue weighted by molar-refractivity contribution is 7.99. The molecule has 1 aromatic heterocycles. The molecule has 0 radical (unpaired) electrons. The van der Waals surface area contributed by atoms with Crippen LogP contribution in [0.5, 0.6) is 5.75 Å². The first-order valence-electron chi connectivity index (χ1n) is 7.92. The molecule has 25 heavy (non-hydrogen) atoms. The molecule has 0 aliphatic carbocycles. The predicted molar refractivity (Wildman–Crippen MR) is 100 cm³/mol. The molecule has 3 N–H and O–H groups in total. The van der Waals surface area contributed by atoms with Crippen molar-refractivity contribution in [3.8, 4) is 5.75 Å². The highest BCUT2D eigenvalue weighted by atomic mass is 32.2. The van der Waals surface area contributed by atoms with Crippen molar-refractivity contribution in [1.82, 2.24) is 9.97 Å². The Balaban J connectivity index is 1.57. The lowest BCUT2D eigenvalue weighted by Gasteiger charge is -2.05. The SMILES string of the molecule is Cc1[nH]c(SCC(=O)Nc2ccccc2O)nc1Cc1ccccc1. The van der Waals surface area contributed by atoms with Crippen LogP contribution in [0.2, 0.25) is 0 Å². The first-order chi connectivity index (χ1) is 12.1. The Morgan fingerprint density at radius 1 is 1.16 bits per heavy atom. The van der Waals surface area contributed by atoms with Gasteiger partial charge in [-0.05, 0) is 24.6 Å². The Morgan fingerprint density at radius 3 is 2.64 bits per heavy atom. The number of carbonyl (C=O) groups excluding carboxylic acids is 1. The number of nitrogens with zero attached hydrogens (tertiary/aromatic N) is 1. The number of imidazole rings is 1. The monoisotopic (exact) mass is 353 g/mol. The summed E-state index contributed by atoms with van der Waals surface area (Å²) in [6.45, 7) is 1.98. The average Bonchev–Trinajstić information content (AvgIpc) is 2.96. The predicted octanol–water partition coefficient (Wildman–Crippen LogP) is 3.75. The van der Waals surface area contributed by atoms with E-state index in [1.165, 1.54) is 23.4 Å². The molecule has 0 spiro atoms. The number of anilines is 1. The Labute approximate surface area is 150 Å². The van der Waals surface area contributed by atoms with Crippen molar-refractivity contribution in [2.24, 2.45) is 0 Å². The molecule has 5 nitrogen and oxygen atoms in total. The molecular weight excluding hydrogens is 334 g/mol. The maximum absolute atomic E-state index is 12.0. The average molecular weight is 353 g/mol. The normalized spacial score (nSPS) is 10.6. The van der Waals surface area contributed by atoms with Gasteiger partial charge < -0.3 is 15.4 Å². The van der Waals surface area contributed by atoms with Gasteiger partial charge in [-0.25, -0.2) is 4.98 Å². The van der Waals surface area contributed by atoms with Crippen LogP contribution in [0.25, 0.3) is 0 Å². The molecular formula is C19H19N3O2S. The lowest BCUT2D eigenvalue weighted by molar-refractivity contribution is -0.113. The van der Waals surface area contributed by atoms with Gasteiger partial charge in [0.2, 0.25) is 5.91 Å². The van der Waals surface area contributed by atoms with Gasteiger partial charge in [0.1, 0.15) is 5.75 Å². The lowest BCUT2D eigenvalue weighted by Crippen LogP contribution is -2.14. The minimum atomic E-state index is -0.190. The number of thioether (sulfide) groups is 1. The summed E-state index contributed by atoms with van der Waals surface area (Å²) in [5.41, 5.74) is 3.60. The van der Waals surface area contributed by atoms with Crippen molar-refractivity contribution in [3.05, 3.63) is 71.5 Å². The van der Waals surface area contributed by atoms with Crippen LogP contribution in [0.3, 0.4) is 0 Å². The molecule has 3 aromatic rings. The van der Waals surface area contributed by atoms with E-state index in [0.29, 0.717) is 5.69 Å². The Hall–Kier alpha value is -2.73. The number of nitrogens with one attached hydrogen (secondary N) is 2. The van der Waals surface area contributed by atoms with E-state index in [2.05, 4.69) is 27.4 Å². The number of aromatic amines is 1. The van der Waals surface area contributed by atoms with Gasteiger partial charge >= 0.3 is 0 Å². The number of amides is 1. The zero-order chi connectivity index (χ0) is 17.6. The van der Waals surface area contributed by atoms with Crippen molar-refractivity contribution in [3.63, 3.8) is 0 Å². The van der Waals surface area contributed by atoms with Crippen LogP contribution in [-0.4, -0.2) is 26.7 Å². The number of phenols is 1. The van der Waals surface area contributed by atoms with Crippen molar-refractivity contribution in [2.45, 2.75) is 18.5 Å². The number of para-hydroxylation sites is 2. The number of benzene rings is 2. The third kappa shape index (κ3) is 4.64. The van der Waals surface area contributed by atoms with Gasteiger partial charge in [0.15, 0.2) is 5.16 Å². The number of H-pyrrole nitrogens is 1. The van der Waals surface area contributed by atoms with Gasteiger partial charge in [-0.15, -0.1) is 0 Å². The van der Waals surface area contributed by atoms with Gasteiger partial charge in [0.05, 0.1) is 17.1 Å². The van der Waals surface area contributed by atoms with Crippen LogP contribution in [0.1, 0.15) is 17.0 Å². The fourth-order valence-corrected chi connectivity index (χ4v) is 3.14. The molecule has 3 rings (SSSR count). The van der Waals surface area contributed by atoms with Gasteiger partial charge in [-0.1, -0.05) is 54.2 Å². The second-order valence-electron chi connectivity index (χ2n) is 5.63. The number of rotatable bonds is 6. The van der Waals surface area contributed by atoms with Gasteiger partial charge in [0, 0.05) is 12.1 Å². The Kier molecular flexibility index (Phi) is 5.40. The van der Waals surface area contributed by atoms with Crippen molar-refractivity contribution >= 4 is 23.4 Å². The second-order valence-corrected chi connectivity index (χ2v) is 6.59. The molecule has 0 aliphatic heterocycles. The molecule has 0 saturated heterocycles. The summed E-state index contributed by atoms with van der Waals surface area (Å²) < 4.78 is 0. The summed E-state index contributed by atoms with van der Waals surface area (Å²) in [6.07, 6.45) is 0.758. The van der Waals surface area contributed by atoms with E-state index in [0.717, 1.165) is 23.0 Å². The molecule has 2 aromatic carbocycles. The van der Waals surface area contributed by atoms with E-state index in [1.54, 1.807) is 18.2 Å². The number of aromatic hydroxyl groups is 1. The van der Waals surface area contributed by atoms with Crippen molar-refractivity contribution in [2.75, 3.05) is 11.1 Å². The first-order valence-corrected chi connectivity index (χ1v) is 8.90. The van der Waals surface area contributed by atoms with Crippen molar-refractivity contribution in [1.29, 1.82) is 0 Å². The number of phenolic OH excluding ortho intramolecular Hbond substituents is 1. The van der Waals surface area contributed by atoms with E-state index < -0.39 is 0 Å². The summed E-state index contributed by atoms with van der Waals surface area (Å²) in [5.74, 6) is 0.0801. The summed E-state index contributed by atoms with van der Waals surface area (Å²) >= 11 is 1.34. The van der Waals surface area contributed by atoms with E-state index in [9.17, 15) is 9.90 Å². The highest BCUT2D eigenvalue weighted by Gasteiger charge is 2.11. The van der Waals surface area contributed by atoms with Gasteiger partial charge in [-0.2, -0.15) is 0 Å². The molecule has 1 heterocycles.